The van der Waals surface area contributed by atoms with Crippen LogP contribution in [0, 0.1) is 6.92 Å². The molecule has 0 spiro atoms. The smallest absolute Gasteiger partial charge is 0.297 e. The van der Waals surface area contributed by atoms with Crippen molar-refractivity contribution in [3.05, 3.63) is 84.6 Å². The number of halogens is 1. The Morgan fingerprint density at radius 3 is 2.60 bits per heavy atom. The number of hydrogen-bond donors (Lipinski definition) is 0. The average molecular weight is 482 g/mol. The number of hydrogen-bond acceptors (Lipinski definition) is 6. The molecule has 8 heteroatoms. The van der Waals surface area contributed by atoms with Crippen LogP contribution in [0.1, 0.15) is 45.2 Å². The number of amides is 1. The van der Waals surface area contributed by atoms with Crippen molar-refractivity contribution in [1.29, 1.82) is 0 Å². The van der Waals surface area contributed by atoms with Gasteiger partial charge in [-0.15, -0.1) is 10.2 Å². The van der Waals surface area contributed by atoms with E-state index in [9.17, 15) is 9.59 Å². The number of benzene rings is 2. The summed E-state index contributed by atoms with van der Waals surface area (Å²) < 4.78 is 6.88. The third-order valence-corrected chi connectivity index (χ3v) is 6.77. The Labute approximate surface area is 184 Å². The Morgan fingerprint density at radius 1 is 1.13 bits per heavy atom. The van der Waals surface area contributed by atoms with Crippen LogP contribution in [0.5, 0.6) is 0 Å². The van der Waals surface area contributed by atoms with Gasteiger partial charge in [-0.25, -0.2) is 0 Å². The Bertz CT molecular complexity index is 1360. The fraction of sp³-hybridized carbons (Fsp3) is 0.182. The summed E-state index contributed by atoms with van der Waals surface area (Å²) in [7, 11) is 0. The molecule has 5 rings (SSSR count). The molecule has 0 radical (unpaired) electrons. The highest BCUT2D eigenvalue weighted by atomic mass is 79.9. The molecule has 0 bridgehead atoms. The lowest BCUT2D eigenvalue weighted by molar-refractivity contribution is 0.0970. The maximum atomic E-state index is 13.5. The Hall–Kier alpha value is -2.84. The van der Waals surface area contributed by atoms with Gasteiger partial charge in [0.2, 0.25) is 10.9 Å². The minimum absolute atomic E-state index is 0.0671. The first-order valence-electron chi connectivity index (χ1n) is 9.46. The Morgan fingerprint density at radius 2 is 1.90 bits per heavy atom. The van der Waals surface area contributed by atoms with Crippen molar-refractivity contribution in [2.24, 2.45) is 0 Å². The van der Waals surface area contributed by atoms with Crippen LogP contribution in [-0.4, -0.2) is 16.1 Å². The van der Waals surface area contributed by atoms with E-state index in [1.165, 1.54) is 16.2 Å². The molecule has 3 heterocycles. The molecular formula is C22H16BrN3O3S. The predicted octanol–water partition coefficient (Wildman–Crippen LogP) is 5.03. The standard InChI is InChI=1S/C22H16BrN3O3S/c1-3-16-24-25-22(30-16)26-18(12-5-7-13(23)8-6-12)17-19(27)14-10-11(2)4-9-15(14)29-20(17)21(26)28/h4-10,18H,3H2,1-2H3. The van der Waals surface area contributed by atoms with E-state index in [1.54, 1.807) is 12.1 Å². The second kappa shape index (κ2) is 7.14. The highest BCUT2D eigenvalue weighted by Crippen LogP contribution is 2.42. The number of carbonyl (C=O) groups excluding carboxylic acids is 1. The first kappa shape index (κ1) is 19.1. The zero-order valence-corrected chi connectivity index (χ0v) is 18.6. The second-order valence-electron chi connectivity index (χ2n) is 7.13. The molecule has 0 saturated heterocycles. The van der Waals surface area contributed by atoms with Gasteiger partial charge in [-0.3, -0.25) is 14.5 Å². The molecule has 1 aliphatic rings. The number of fused-ring (bicyclic) bond motifs is 2. The molecule has 6 nitrogen and oxygen atoms in total. The summed E-state index contributed by atoms with van der Waals surface area (Å²) in [5.41, 5.74) is 2.30. The van der Waals surface area contributed by atoms with Gasteiger partial charge >= 0.3 is 0 Å². The lowest BCUT2D eigenvalue weighted by atomic mass is 9.98. The van der Waals surface area contributed by atoms with Crippen molar-refractivity contribution >= 4 is 49.3 Å². The van der Waals surface area contributed by atoms with E-state index in [0.29, 0.717) is 21.7 Å². The third kappa shape index (κ3) is 2.90. The van der Waals surface area contributed by atoms with E-state index in [0.717, 1.165) is 27.0 Å². The molecule has 0 aliphatic carbocycles. The van der Waals surface area contributed by atoms with Gasteiger partial charge in [0.15, 0.2) is 5.43 Å². The molecule has 1 amide bonds. The normalized spacial score (nSPS) is 15.8. The first-order chi connectivity index (χ1) is 14.5. The van der Waals surface area contributed by atoms with Crippen molar-refractivity contribution in [3.8, 4) is 0 Å². The Kier molecular flexibility index (Phi) is 4.56. The third-order valence-electron chi connectivity index (χ3n) is 5.18. The van der Waals surface area contributed by atoms with Crippen LogP contribution in [0.3, 0.4) is 0 Å². The first-order valence-corrected chi connectivity index (χ1v) is 11.1. The fourth-order valence-corrected chi connectivity index (χ4v) is 4.80. The quantitative estimate of drug-likeness (QED) is 0.410. The number of nitrogens with zero attached hydrogens (tertiary/aromatic N) is 3. The van der Waals surface area contributed by atoms with Crippen molar-refractivity contribution in [2.45, 2.75) is 26.3 Å². The number of aryl methyl sites for hydroxylation is 2. The topological polar surface area (TPSA) is 76.3 Å². The van der Waals surface area contributed by atoms with Gasteiger partial charge in [-0.1, -0.05) is 58.0 Å². The number of aromatic nitrogens is 2. The van der Waals surface area contributed by atoms with Gasteiger partial charge in [0.05, 0.1) is 17.0 Å². The van der Waals surface area contributed by atoms with Crippen LogP contribution in [0.25, 0.3) is 11.0 Å². The Balaban J connectivity index is 1.80. The molecule has 30 heavy (non-hydrogen) atoms. The molecule has 1 aliphatic heterocycles. The molecule has 2 aromatic heterocycles. The molecule has 4 aromatic rings. The molecule has 1 atom stereocenters. The van der Waals surface area contributed by atoms with Crippen molar-refractivity contribution < 1.29 is 9.21 Å². The second-order valence-corrected chi connectivity index (χ2v) is 9.09. The summed E-state index contributed by atoms with van der Waals surface area (Å²) in [5.74, 6) is -0.311. The van der Waals surface area contributed by atoms with Gasteiger partial charge in [-0.05, 0) is 43.2 Å². The van der Waals surface area contributed by atoms with Crippen molar-refractivity contribution in [1.82, 2.24) is 10.2 Å². The van der Waals surface area contributed by atoms with Crippen molar-refractivity contribution in [2.75, 3.05) is 4.90 Å². The maximum Gasteiger partial charge on any atom is 0.297 e. The maximum absolute atomic E-state index is 13.5. The van der Waals surface area contributed by atoms with Crippen LogP contribution in [0.4, 0.5) is 5.13 Å². The number of carbonyl (C=O) groups is 1. The van der Waals surface area contributed by atoms with E-state index in [2.05, 4.69) is 26.1 Å². The fourth-order valence-electron chi connectivity index (χ4n) is 3.73. The minimum Gasteiger partial charge on any atom is -0.450 e. The summed E-state index contributed by atoms with van der Waals surface area (Å²) in [6.07, 6.45) is 0.718. The zero-order chi connectivity index (χ0) is 21.0. The SMILES string of the molecule is CCc1nnc(N2C(=O)c3oc4ccc(C)cc4c(=O)c3C2c2ccc(Br)cc2)s1. The van der Waals surface area contributed by atoms with E-state index in [1.807, 2.05) is 44.2 Å². The average Bonchev–Trinajstić information content (AvgIpc) is 3.32. The van der Waals surface area contributed by atoms with E-state index >= 15 is 0 Å². The molecule has 150 valence electrons. The molecule has 2 aromatic carbocycles. The van der Waals surface area contributed by atoms with Gasteiger partial charge in [0, 0.05) is 4.47 Å². The van der Waals surface area contributed by atoms with Crippen LogP contribution in [-0.2, 0) is 6.42 Å². The summed E-state index contributed by atoms with van der Waals surface area (Å²) in [5, 5.41) is 10.1. The van der Waals surface area contributed by atoms with Gasteiger partial charge in [0.25, 0.3) is 5.91 Å². The largest absolute Gasteiger partial charge is 0.450 e. The van der Waals surface area contributed by atoms with Crippen molar-refractivity contribution in [3.63, 3.8) is 0 Å². The molecule has 0 saturated carbocycles. The zero-order valence-electron chi connectivity index (χ0n) is 16.2. The molecule has 1 unspecified atom stereocenters. The number of rotatable bonds is 3. The van der Waals surface area contributed by atoms with Crippen LogP contribution in [0.15, 0.2) is 56.1 Å². The van der Waals surface area contributed by atoms with Gasteiger partial charge in [-0.2, -0.15) is 0 Å². The molecule has 0 N–H and O–H groups in total. The number of anilines is 1. The minimum atomic E-state index is -0.626. The highest BCUT2D eigenvalue weighted by molar-refractivity contribution is 9.10. The summed E-state index contributed by atoms with van der Waals surface area (Å²) in [6, 6.07) is 12.3. The monoisotopic (exact) mass is 481 g/mol. The van der Waals surface area contributed by atoms with Gasteiger partial charge in [0.1, 0.15) is 10.6 Å². The van der Waals surface area contributed by atoms with Crippen LogP contribution < -0.4 is 10.3 Å². The predicted molar refractivity (Wildman–Crippen MR) is 119 cm³/mol. The van der Waals surface area contributed by atoms with E-state index < -0.39 is 6.04 Å². The van der Waals surface area contributed by atoms with E-state index in [-0.39, 0.29) is 17.1 Å². The highest BCUT2D eigenvalue weighted by Gasteiger charge is 2.45. The van der Waals surface area contributed by atoms with E-state index in [4.69, 9.17) is 4.42 Å². The lowest BCUT2D eigenvalue weighted by Crippen LogP contribution is -2.29. The lowest BCUT2D eigenvalue weighted by Gasteiger charge is -2.22. The molecular weight excluding hydrogens is 466 g/mol. The van der Waals surface area contributed by atoms with Crippen LogP contribution >= 0.6 is 27.3 Å². The summed E-state index contributed by atoms with van der Waals surface area (Å²) >= 11 is 4.79. The summed E-state index contributed by atoms with van der Waals surface area (Å²) in [6.45, 7) is 3.90. The molecule has 0 fully saturated rings. The van der Waals surface area contributed by atoms with Crippen LogP contribution in [0.2, 0.25) is 0 Å². The summed E-state index contributed by atoms with van der Waals surface area (Å²) in [4.78, 5) is 28.5. The van der Waals surface area contributed by atoms with Gasteiger partial charge < -0.3 is 4.42 Å².